The van der Waals surface area contributed by atoms with E-state index in [0.717, 1.165) is 36.5 Å². The summed E-state index contributed by atoms with van der Waals surface area (Å²) in [5.41, 5.74) is 2.24. The molecule has 2 bridgehead atoms. The summed E-state index contributed by atoms with van der Waals surface area (Å²) in [6.07, 6.45) is 2.97. The number of piperidine rings is 1. The van der Waals surface area contributed by atoms with Gasteiger partial charge < -0.3 is 14.2 Å². The number of pyridine rings is 1. The molecule has 0 aliphatic carbocycles. The normalized spacial score (nSPS) is 21.5. The van der Waals surface area contributed by atoms with Crippen molar-refractivity contribution in [3.05, 3.63) is 67.6 Å². The number of carbonyl (C=O) groups is 1. The molecule has 3 aliphatic rings. The number of fused-ring (bicyclic) bond motifs is 5. The van der Waals surface area contributed by atoms with E-state index in [2.05, 4.69) is 6.07 Å². The van der Waals surface area contributed by atoms with Crippen LogP contribution in [-0.4, -0.2) is 40.0 Å². The lowest BCUT2D eigenvalue weighted by atomic mass is 9.83. The molecule has 8 nitrogen and oxygen atoms in total. The van der Waals surface area contributed by atoms with Crippen LogP contribution in [0.4, 0.5) is 5.69 Å². The molecule has 1 amide bonds. The Labute approximate surface area is 173 Å². The monoisotopic (exact) mass is 409 g/mol. The smallest absolute Gasteiger partial charge is 0.334 e. The van der Waals surface area contributed by atoms with Crippen LogP contribution >= 0.6 is 0 Å². The highest BCUT2D eigenvalue weighted by Gasteiger charge is 2.37. The summed E-state index contributed by atoms with van der Waals surface area (Å²) in [7, 11) is 0. The molecule has 5 rings (SSSR count). The highest BCUT2D eigenvalue weighted by Crippen LogP contribution is 2.36. The van der Waals surface area contributed by atoms with Crippen molar-refractivity contribution in [2.24, 2.45) is 5.92 Å². The molecular formula is C22H23N3O5. The molecule has 3 aliphatic heterocycles. The van der Waals surface area contributed by atoms with Crippen LogP contribution in [0.1, 0.15) is 35.6 Å². The Kier molecular flexibility index (Phi) is 4.56. The van der Waals surface area contributed by atoms with E-state index >= 15 is 0 Å². The van der Waals surface area contributed by atoms with Gasteiger partial charge in [0.2, 0.25) is 5.91 Å². The van der Waals surface area contributed by atoms with Crippen LogP contribution < -0.4 is 10.3 Å². The SMILES string of the molecule is O=C(CCc1ccc2c(c1)CCO2)N1CC2CC(C1)c1ccc([N+](=O)[O-])c(=O)n1C2. The fourth-order valence-corrected chi connectivity index (χ4v) is 5.08. The zero-order valence-corrected chi connectivity index (χ0v) is 16.6. The maximum Gasteiger partial charge on any atom is 0.334 e. The fourth-order valence-electron chi connectivity index (χ4n) is 5.08. The van der Waals surface area contributed by atoms with Gasteiger partial charge in [-0.25, -0.2) is 0 Å². The predicted octanol–water partition coefficient (Wildman–Crippen LogP) is 2.27. The van der Waals surface area contributed by atoms with Crippen LogP contribution in [0.25, 0.3) is 0 Å². The number of aryl methyl sites for hydroxylation is 1. The van der Waals surface area contributed by atoms with E-state index in [1.54, 1.807) is 10.6 Å². The third-order valence-corrected chi connectivity index (χ3v) is 6.51. The number of carbonyl (C=O) groups excluding carboxylic acids is 1. The third-order valence-electron chi connectivity index (χ3n) is 6.51. The lowest BCUT2D eigenvalue weighted by Crippen LogP contribution is -2.49. The maximum atomic E-state index is 12.9. The van der Waals surface area contributed by atoms with Crippen LogP contribution in [0.5, 0.6) is 5.75 Å². The molecule has 156 valence electrons. The minimum absolute atomic E-state index is 0.0482. The van der Waals surface area contributed by atoms with Crippen LogP contribution in [0.2, 0.25) is 0 Å². The molecule has 1 fully saturated rings. The van der Waals surface area contributed by atoms with Gasteiger partial charge in [-0.2, -0.15) is 0 Å². The predicted molar refractivity (Wildman–Crippen MR) is 109 cm³/mol. The van der Waals surface area contributed by atoms with Gasteiger partial charge in [-0.15, -0.1) is 0 Å². The number of nitrogens with zero attached hydrogens (tertiary/aromatic N) is 3. The first-order valence-electron chi connectivity index (χ1n) is 10.4. The summed E-state index contributed by atoms with van der Waals surface area (Å²) in [6, 6.07) is 9.13. The van der Waals surface area contributed by atoms with Gasteiger partial charge in [0.15, 0.2) is 0 Å². The average Bonchev–Trinajstić information content (AvgIpc) is 3.20. The van der Waals surface area contributed by atoms with Gasteiger partial charge in [0.1, 0.15) is 5.75 Å². The van der Waals surface area contributed by atoms with Crippen molar-refractivity contribution in [3.63, 3.8) is 0 Å². The topological polar surface area (TPSA) is 94.7 Å². The summed E-state index contributed by atoms with van der Waals surface area (Å²) < 4.78 is 7.08. The molecule has 0 saturated carbocycles. The number of amides is 1. The summed E-state index contributed by atoms with van der Waals surface area (Å²) in [5, 5.41) is 11.1. The quantitative estimate of drug-likeness (QED) is 0.570. The van der Waals surface area contributed by atoms with Crippen molar-refractivity contribution in [2.75, 3.05) is 19.7 Å². The second-order valence-electron chi connectivity index (χ2n) is 8.45. The van der Waals surface area contributed by atoms with E-state index in [1.165, 1.54) is 11.6 Å². The molecule has 0 spiro atoms. The zero-order chi connectivity index (χ0) is 20.8. The molecule has 1 saturated heterocycles. The van der Waals surface area contributed by atoms with Gasteiger partial charge in [-0.05, 0) is 42.0 Å². The maximum absolute atomic E-state index is 12.9. The Balaban J connectivity index is 1.28. The van der Waals surface area contributed by atoms with E-state index in [9.17, 15) is 19.7 Å². The van der Waals surface area contributed by atoms with Crippen molar-refractivity contribution in [2.45, 2.75) is 38.1 Å². The Bertz CT molecular complexity index is 1090. The number of likely N-dealkylation sites (tertiary alicyclic amines) is 1. The molecule has 1 aromatic heterocycles. The summed E-state index contributed by atoms with van der Waals surface area (Å²) in [6.45, 7) is 2.31. The number of benzene rings is 1. The Hall–Kier alpha value is -3.16. The summed E-state index contributed by atoms with van der Waals surface area (Å²) in [5.74, 6) is 1.27. The minimum atomic E-state index is -0.624. The van der Waals surface area contributed by atoms with Gasteiger partial charge in [-0.3, -0.25) is 19.7 Å². The number of rotatable bonds is 4. The van der Waals surface area contributed by atoms with E-state index in [0.29, 0.717) is 32.5 Å². The number of hydrogen-bond donors (Lipinski definition) is 0. The van der Waals surface area contributed by atoms with Gasteiger partial charge in [0.05, 0.1) is 11.5 Å². The highest BCUT2D eigenvalue weighted by atomic mass is 16.6. The number of ether oxygens (including phenoxy) is 1. The lowest BCUT2D eigenvalue weighted by Gasteiger charge is -2.42. The first kappa shape index (κ1) is 18.8. The molecule has 1 aromatic carbocycles. The Morgan fingerprint density at radius 2 is 2.07 bits per heavy atom. The Morgan fingerprint density at radius 1 is 1.20 bits per heavy atom. The molecule has 2 atom stereocenters. The summed E-state index contributed by atoms with van der Waals surface area (Å²) >= 11 is 0. The highest BCUT2D eigenvalue weighted by molar-refractivity contribution is 5.76. The molecule has 8 heteroatoms. The molecule has 2 aromatic rings. The molecule has 0 radical (unpaired) electrons. The second kappa shape index (κ2) is 7.27. The third kappa shape index (κ3) is 3.26. The van der Waals surface area contributed by atoms with Crippen molar-refractivity contribution in [1.29, 1.82) is 0 Å². The lowest BCUT2D eigenvalue weighted by molar-refractivity contribution is -0.386. The zero-order valence-electron chi connectivity index (χ0n) is 16.6. The molecular weight excluding hydrogens is 386 g/mol. The van der Waals surface area contributed by atoms with Gasteiger partial charge in [-0.1, -0.05) is 12.1 Å². The molecule has 30 heavy (non-hydrogen) atoms. The first-order valence-corrected chi connectivity index (χ1v) is 10.4. The minimum Gasteiger partial charge on any atom is -0.493 e. The molecule has 2 unspecified atom stereocenters. The standard InChI is InChI=1S/C22H23N3O5/c26-21(6-2-14-1-5-20-16(9-14)7-8-30-20)23-11-15-10-17(13-23)18-3-4-19(25(28)29)22(27)24(18)12-15/h1,3-5,9,15,17H,2,6-8,10-13H2. The number of nitro groups is 1. The van der Waals surface area contributed by atoms with E-state index in [1.807, 2.05) is 17.0 Å². The number of aromatic nitrogens is 1. The van der Waals surface area contributed by atoms with Gasteiger partial charge in [0.25, 0.3) is 0 Å². The molecule has 0 N–H and O–H groups in total. The number of hydrogen-bond acceptors (Lipinski definition) is 5. The van der Waals surface area contributed by atoms with Crippen molar-refractivity contribution in [3.8, 4) is 5.75 Å². The van der Waals surface area contributed by atoms with Crippen LogP contribution in [-0.2, 0) is 24.2 Å². The van der Waals surface area contributed by atoms with Crippen LogP contribution in [0.3, 0.4) is 0 Å². The molecule has 4 heterocycles. The first-order chi connectivity index (χ1) is 14.5. The van der Waals surface area contributed by atoms with Crippen molar-refractivity contribution >= 4 is 11.6 Å². The van der Waals surface area contributed by atoms with Crippen molar-refractivity contribution < 1.29 is 14.5 Å². The average molecular weight is 409 g/mol. The fraction of sp³-hybridized carbons (Fsp3) is 0.455. The van der Waals surface area contributed by atoms with Crippen LogP contribution in [0.15, 0.2) is 35.1 Å². The van der Waals surface area contributed by atoms with E-state index < -0.39 is 10.5 Å². The van der Waals surface area contributed by atoms with Crippen LogP contribution in [0, 0.1) is 16.0 Å². The second-order valence-corrected chi connectivity index (χ2v) is 8.45. The van der Waals surface area contributed by atoms with Crippen molar-refractivity contribution in [1.82, 2.24) is 9.47 Å². The summed E-state index contributed by atoms with van der Waals surface area (Å²) in [4.78, 5) is 37.7. The Morgan fingerprint density at radius 3 is 2.90 bits per heavy atom. The van der Waals surface area contributed by atoms with E-state index in [-0.39, 0.29) is 23.4 Å². The van der Waals surface area contributed by atoms with Gasteiger partial charge in [0, 0.05) is 50.2 Å². The van der Waals surface area contributed by atoms with E-state index in [4.69, 9.17) is 4.74 Å². The van der Waals surface area contributed by atoms with Gasteiger partial charge >= 0.3 is 11.2 Å². The largest absolute Gasteiger partial charge is 0.493 e.